The second-order valence-corrected chi connectivity index (χ2v) is 10.4. The Morgan fingerprint density at radius 1 is 0.963 bits per heavy atom. The van der Waals surface area contributed by atoms with Crippen LogP contribution >= 0.6 is 15.9 Å². The summed E-state index contributed by atoms with van der Waals surface area (Å²) in [5, 5.41) is 3.52. The number of hydrogen-bond donors (Lipinski definition) is 1. The van der Waals surface area contributed by atoms with Crippen molar-refractivity contribution in [2.45, 2.75) is 44.1 Å². The Morgan fingerprint density at radius 3 is 2.07 bits per heavy atom. The van der Waals surface area contributed by atoms with Gasteiger partial charge in [-0.15, -0.1) is 0 Å². The van der Waals surface area contributed by atoms with E-state index in [1.165, 1.54) is 44.2 Å². The molecule has 1 aromatic rings. The van der Waals surface area contributed by atoms with Gasteiger partial charge in [0.2, 0.25) is 5.91 Å². The number of rotatable bonds is 4. The van der Waals surface area contributed by atoms with Crippen LogP contribution in [0.5, 0.6) is 0 Å². The van der Waals surface area contributed by atoms with Crippen LogP contribution in [0.25, 0.3) is 0 Å². The molecule has 0 aromatic heterocycles. The fraction of sp³-hybridized carbons (Fsp3) is 0.682. The molecule has 27 heavy (non-hydrogen) atoms. The van der Waals surface area contributed by atoms with Gasteiger partial charge in [0.15, 0.2) is 0 Å². The van der Waals surface area contributed by atoms with Crippen molar-refractivity contribution in [2.24, 2.45) is 17.8 Å². The third-order valence-corrected chi connectivity index (χ3v) is 7.90. The van der Waals surface area contributed by atoms with Gasteiger partial charge in [-0.3, -0.25) is 9.69 Å². The molecular formula is C22H30BrN3O. The van der Waals surface area contributed by atoms with Gasteiger partial charge in [-0.1, -0.05) is 15.9 Å². The van der Waals surface area contributed by atoms with E-state index in [2.05, 4.69) is 55.3 Å². The smallest absolute Gasteiger partial charge is 0.234 e. The van der Waals surface area contributed by atoms with Crippen molar-refractivity contribution >= 4 is 27.5 Å². The summed E-state index contributed by atoms with van der Waals surface area (Å²) in [5.41, 5.74) is 1.42. The summed E-state index contributed by atoms with van der Waals surface area (Å²) in [5.74, 6) is 2.90. The Labute approximate surface area is 170 Å². The first-order valence-electron chi connectivity index (χ1n) is 10.6. The summed E-state index contributed by atoms with van der Waals surface area (Å²) in [6.07, 6.45) is 7.99. The molecule has 0 radical (unpaired) electrons. The first kappa shape index (κ1) is 18.0. The molecule has 4 saturated carbocycles. The second kappa shape index (κ2) is 7.07. The molecule has 5 heteroatoms. The number of carbonyl (C=O) groups is 1. The van der Waals surface area contributed by atoms with Crippen molar-refractivity contribution in [3.63, 3.8) is 0 Å². The van der Waals surface area contributed by atoms with E-state index in [0.29, 0.717) is 6.54 Å². The molecule has 4 nitrogen and oxygen atoms in total. The minimum atomic E-state index is 0.144. The van der Waals surface area contributed by atoms with Crippen molar-refractivity contribution in [3.05, 3.63) is 28.7 Å². The average Bonchev–Trinajstić information content (AvgIpc) is 2.61. The summed E-state index contributed by atoms with van der Waals surface area (Å²) in [6.45, 7) is 4.48. The highest BCUT2D eigenvalue weighted by atomic mass is 79.9. The maximum absolute atomic E-state index is 12.8. The van der Waals surface area contributed by atoms with Crippen LogP contribution in [0.3, 0.4) is 0 Å². The van der Waals surface area contributed by atoms with Crippen LogP contribution in [0.2, 0.25) is 0 Å². The van der Waals surface area contributed by atoms with Crippen molar-refractivity contribution in [1.29, 1.82) is 0 Å². The summed E-state index contributed by atoms with van der Waals surface area (Å²) in [7, 11) is 0. The molecule has 4 aliphatic carbocycles. The third kappa shape index (κ3) is 3.77. The summed E-state index contributed by atoms with van der Waals surface area (Å²) < 4.78 is 1.12. The van der Waals surface area contributed by atoms with Crippen LogP contribution in [0.4, 0.5) is 5.69 Å². The van der Waals surface area contributed by atoms with E-state index in [-0.39, 0.29) is 11.4 Å². The van der Waals surface area contributed by atoms with Gasteiger partial charge in [0.05, 0.1) is 6.54 Å². The van der Waals surface area contributed by atoms with Crippen molar-refractivity contribution < 1.29 is 4.79 Å². The molecule has 146 valence electrons. The molecule has 5 aliphatic rings. The van der Waals surface area contributed by atoms with E-state index in [9.17, 15) is 4.79 Å². The van der Waals surface area contributed by atoms with Gasteiger partial charge in [0.25, 0.3) is 0 Å². The largest absolute Gasteiger partial charge is 0.369 e. The van der Waals surface area contributed by atoms with Crippen LogP contribution < -0.4 is 10.2 Å². The van der Waals surface area contributed by atoms with Crippen molar-refractivity contribution in [2.75, 3.05) is 37.6 Å². The molecule has 1 aromatic carbocycles. The molecule has 0 spiro atoms. The maximum Gasteiger partial charge on any atom is 0.234 e. The molecule has 1 saturated heterocycles. The lowest BCUT2D eigenvalue weighted by Gasteiger charge is -2.57. The van der Waals surface area contributed by atoms with Gasteiger partial charge in [0.1, 0.15) is 0 Å². The van der Waals surface area contributed by atoms with Crippen molar-refractivity contribution in [1.82, 2.24) is 10.2 Å². The Balaban J connectivity index is 1.13. The van der Waals surface area contributed by atoms with E-state index >= 15 is 0 Å². The molecule has 1 aliphatic heterocycles. The predicted molar refractivity (Wildman–Crippen MR) is 112 cm³/mol. The van der Waals surface area contributed by atoms with E-state index in [0.717, 1.165) is 48.4 Å². The average molecular weight is 432 g/mol. The summed E-state index contributed by atoms with van der Waals surface area (Å²) in [6, 6.07) is 8.53. The summed E-state index contributed by atoms with van der Waals surface area (Å²) >= 11 is 3.50. The number of benzene rings is 1. The lowest BCUT2D eigenvalue weighted by molar-refractivity contribution is -0.128. The monoisotopic (exact) mass is 431 g/mol. The van der Waals surface area contributed by atoms with E-state index in [4.69, 9.17) is 0 Å². The lowest BCUT2D eigenvalue weighted by atomic mass is 9.53. The molecule has 1 N–H and O–H groups in total. The van der Waals surface area contributed by atoms with E-state index in [1.807, 2.05) is 0 Å². The highest BCUT2D eigenvalue weighted by Gasteiger charge is 2.51. The molecule has 1 amide bonds. The number of nitrogens with one attached hydrogen (secondary N) is 1. The molecule has 0 unspecified atom stereocenters. The van der Waals surface area contributed by atoms with E-state index in [1.54, 1.807) is 0 Å². The van der Waals surface area contributed by atoms with Crippen LogP contribution in [0.1, 0.15) is 38.5 Å². The fourth-order valence-corrected chi connectivity index (χ4v) is 6.88. The zero-order valence-electron chi connectivity index (χ0n) is 16.0. The molecule has 5 fully saturated rings. The minimum absolute atomic E-state index is 0.144. The number of hydrogen-bond acceptors (Lipinski definition) is 3. The van der Waals surface area contributed by atoms with E-state index < -0.39 is 0 Å². The Bertz CT molecular complexity index is 661. The molecule has 4 bridgehead atoms. The fourth-order valence-electron chi connectivity index (χ4n) is 6.62. The Hall–Kier alpha value is -1.07. The normalized spacial score (nSPS) is 35.4. The number of piperazine rings is 1. The maximum atomic E-state index is 12.8. The van der Waals surface area contributed by atoms with Crippen LogP contribution in [0.15, 0.2) is 28.7 Å². The summed E-state index contributed by atoms with van der Waals surface area (Å²) in [4.78, 5) is 17.6. The number of nitrogens with zero attached hydrogens (tertiary/aromatic N) is 2. The second-order valence-electron chi connectivity index (χ2n) is 9.49. The predicted octanol–water partition coefficient (Wildman–Crippen LogP) is 3.66. The van der Waals surface area contributed by atoms with Gasteiger partial charge in [-0.2, -0.15) is 0 Å². The third-order valence-electron chi connectivity index (χ3n) is 7.37. The first-order chi connectivity index (χ1) is 13.1. The number of halogens is 1. The van der Waals surface area contributed by atoms with Crippen LogP contribution in [-0.2, 0) is 4.79 Å². The van der Waals surface area contributed by atoms with Crippen LogP contribution in [-0.4, -0.2) is 49.1 Å². The van der Waals surface area contributed by atoms with Crippen LogP contribution in [0, 0.1) is 17.8 Å². The van der Waals surface area contributed by atoms with Crippen molar-refractivity contribution in [3.8, 4) is 0 Å². The molecular weight excluding hydrogens is 402 g/mol. The standard InChI is InChI=1S/C22H30BrN3O/c23-19-1-3-20(4-2-19)26-7-5-25(6-8-26)15-21(27)24-22-12-16-9-17(13-22)11-18(10-16)14-22/h1-4,16-18H,5-15H2,(H,24,27). The quantitative estimate of drug-likeness (QED) is 0.789. The Kier molecular flexibility index (Phi) is 4.71. The first-order valence-corrected chi connectivity index (χ1v) is 11.4. The van der Waals surface area contributed by atoms with Gasteiger partial charge in [-0.05, 0) is 80.5 Å². The lowest BCUT2D eigenvalue weighted by Crippen LogP contribution is -2.61. The topological polar surface area (TPSA) is 35.6 Å². The zero-order chi connectivity index (χ0) is 18.4. The highest BCUT2D eigenvalue weighted by molar-refractivity contribution is 9.10. The SMILES string of the molecule is O=C(CN1CCN(c2ccc(Br)cc2)CC1)NC12CC3CC(CC(C3)C1)C2. The molecule has 1 heterocycles. The molecule has 6 rings (SSSR count). The van der Waals surface area contributed by atoms with Gasteiger partial charge < -0.3 is 10.2 Å². The molecule has 0 atom stereocenters. The zero-order valence-corrected chi connectivity index (χ0v) is 17.6. The number of amides is 1. The number of carbonyl (C=O) groups excluding carboxylic acids is 1. The Morgan fingerprint density at radius 2 is 1.52 bits per heavy atom. The van der Waals surface area contributed by atoms with Gasteiger partial charge >= 0.3 is 0 Å². The minimum Gasteiger partial charge on any atom is -0.369 e. The van der Waals surface area contributed by atoms with Gasteiger partial charge in [0, 0.05) is 41.9 Å². The number of anilines is 1. The highest BCUT2D eigenvalue weighted by Crippen LogP contribution is 2.55. The van der Waals surface area contributed by atoms with Gasteiger partial charge in [-0.25, -0.2) is 0 Å².